The van der Waals surface area contributed by atoms with Gasteiger partial charge in [-0.25, -0.2) is 4.99 Å². The molecule has 2 rings (SSSR count). The Kier molecular flexibility index (Phi) is 9.50. The Morgan fingerprint density at radius 2 is 1.88 bits per heavy atom. The number of piperidine rings is 1. The van der Waals surface area contributed by atoms with E-state index in [0.717, 1.165) is 38.7 Å². The van der Waals surface area contributed by atoms with Gasteiger partial charge in [0, 0.05) is 26.2 Å². The summed E-state index contributed by atoms with van der Waals surface area (Å²) in [6, 6.07) is 8.77. The second kappa shape index (κ2) is 11.9. The molecule has 1 aliphatic rings. The maximum absolute atomic E-state index is 4.77. The predicted octanol–water partition coefficient (Wildman–Crippen LogP) is 2.68. The molecule has 5 heteroatoms. The summed E-state index contributed by atoms with van der Waals surface area (Å²) >= 11 is 0. The smallest absolute Gasteiger partial charge is 0.191 e. The molecule has 5 nitrogen and oxygen atoms in total. The fourth-order valence-corrected chi connectivity index (χ4v) is 3.28. The van der Waals surface area contributed by atoms with Gasteiger partial charge in [0.15, 0.2) is 5.96 Å². The molecule has 1 saturated heterocycles. The van der Waals surface area contributed by atoms with Gasteiger partial charge in [-0.05, 0) is 57.6 Å². The van der Waals surface area contributed by atoms with Crippen LogP contribution in [0.25, 0.3) is 0 Å². The minimum atomic E-state index is 0.711. The SMILES string of the molecule is CCNC(=NCc1cccc(CN(C)CC)c1)NCCN1CCCCC1. The molecule has 26 heavy (non-hydrogen) atoms. The van der Waals surface area contributed by atoms with E-state index in [1.807, 2.05) is 0 Å². The van der Waals surface area contributed by atoms with Crippen molar-refractivity contribution in [3.05, 3.63) is 35.4 Å². The molecular weight excluding hydrogens is 322 g/mol. The summed E-state index contributed by atoms with van der Waals surface area (Å²) in [5.41, 5.74) is 2.62. The topological polar surface area (TPSA) is 42.9 Å². The first-order valence-corrected chi connectivity index (χ1v) is 10.2. The molecule has 1 heterocycles. The first-order chi connectivity index (χ1) is 12.7. The zero-order valence-electron chi connectivity index (χ0n) is 16.9. The van der Waals surface area contributed by atoms with Crippen molar-refractivity contribution in [3.8, 4) is 0 Å². The van der Waals surface area contributed by atoms with E-state index in [1.165, 1.54) is 43.5 Å². The highest BCUT2D eigenvalue weighted by Gasteiger charge is 2.09. The van der Waals surface area contributed by atoms with Crippen molar-refractivity contribution in [2.24, 2.45) is 4.99 Å². The van der Waals surface area contributed by atoms with Gasteiger partial charge in [-0.1, -0.05) is 37.6 Å². The van der Waals surface area contributed by atoms with E-state index < -0.39 is 0 Å². The molecule has 1 fully saturated rings. The lowest BCUT2D eigenvalue weighted by molar-refractivity contribution is 0.232. The monoisotopic (exact) mass is 359 g/mol. The Morgan fingerprint density at radius 1 is 1.12 bits per heavy atom. The summed E-state index contributed by atoms with van der Waals surface area (Å²) in [6.45, 7) is 12.5. The van der Waals surface area contributed by atoms with Crippen LogP contribution in [0.4, 0.5) is 0 Å². The lowest BCUT2D eigenvalue weighted by atomic mass is 10.1. The summed E-state index contributed by atoms with van der Waals surface area (Å²) in [5.74, 6) is 0.917. The summed E-state index contributed by atoms with van der Waals surface area (Å²) in [7, 11) is 2.15. The molecule has 1 aromatic rings. The largest absolute Gasteiger partial charge is 0.357 e. The van der Waals surface area contributed by atoms with Gasteiger partial charge in [-0.2, -0.15) is 0 Å². The molecule has 0 radical (unpaired) electrons. The molecule has 1 aromatic carbocycles. The highest BCUT2D eigenvalue weighted by atomic mass is 15.2. The molecule has 0 atom stereocenters. The van der Waals surface area contributed by atoms with Crippen LogP contribution in [-0.4, -0.2) is 62.1 Å². The number of nitrogens with one attached hydrogen (secondary N) is 2. The van der Waals surface area contributed by atoms with Crippen LogP contribution in [0, 0.1) is 0 Å². The Labute approximate surface area is 159 Å². The summed E-state index contributed by atoms with van der Waals surface area (Å²) in [6.07, 6.45) is 4.08. The molecule has 0 unspecified atom stereocenters. The van der Waals surface area contributed by atoms with E-state index in [1.54, 1.807) is 0 Å². The summed E-state index contributed by atoms with van der Waals surface area (Å²) in [5, 5.41) is 6.84. The number of hydrogen-bond acceptors (Lipinski definition) is 3. The second-order valence-electron chi connectivity index (χ2n) is 7.17. The maximum Gasteiger partial charge on any atom is 0.191 e. The first-order valence-electron chi connectivity index (χ1n) is 10.2. The third kappa shape index (κ3) is 7.75. The third-order valence-corrected chi connectivity index (χ3v) is 4.92. The molecular formula is C21H37N5. The van der Waals surface area contributed by atoms with Crippen LogP contribution < -0.4 is 10.6 Å². The van der Waals surface area contributed by atoms with Gasteiger partial charge >= 0.3 is 0 Å². The van der Waals surface area contributed by atoms with Crippen molar-refractivity contribution in [3.63, 3.8) is 0 Å². The Morgan fingerprint density at radius 3 is 2.62 bits per heavy atom. The highest BCUT2D eigenvalue weighted by Crippen LogP contribution is 2.09. The zero-order chi connectivity index (χ0) is 18.6. The molecule has 2 N–H and O–H groups in total. The van der Waals surface area contributed by atoms with E-state index in [9.17, 15) is 0 Å². The van der Waals surface area contributed by atoms with Crippen LogP contribution in [0.2, 0.25) is 0 Å². The van der Waals surface area contributed by atoms with Crippen LogP contribution >= 0.6 is 0 Å². The van der Waals surface area contributed by atoms with Crippen LogP contribution in [-0.2, 0) is 13.1 Å². The van der Waals surface area contributed by atoms with E-state index in [2.05, 4.69) is 65.6 Å². The maximum atomic E-state index is 4.77. The van der Waals surface area contributed by atoms with Gasteiger partial charge in [0.2, 0.25) is 0 Å². The van der Waals surface area contributed by atoms with Crippen LogP contribution in [0.5, 0.6) is 0 Å². The number of likely N-dealkylation sites (tertiary alicyclic amines) is 1. The Hall–Kier alpha value is -1.59. The average Bonchev–Trinajstić information content (AvgIpc) is 2.67. The fourth-order valence-electron chi connectivity index (χ4n) is 3.28. The minimum Gasteiger partial charge on any atom is -0.357 e. The number of nitrogens with zero attached hydrogens (tertiary/aromatic N) is 3. The molecule has 0 spiro atoms. The van der Waals surface area contributed by atoms with Crippen molar-refractivity contribution in [1.82, 2.24) is 20.4 Å². The molecule has 0 amide bonds. The van der Waals surface area contributed by atoms with Crippen LogP contribution in [0.15, 0.2) is 29.3 Å². The van der Waals surface area contributed by atoms with E-state index >= 15 is 0 Å². The number of aliphatic imine (C=N–C) groups is 1. The lowest BCUT2D eigenvalue weighted by Gasteiger charge is -2.26. The van der Waals surface area contributed by atoms with E-state index in [0.29, 0.717) is 6.54 Å². The van der Waals surface area contributed by atoms with Gasteiger partial charge < -0.3 is 20.4 Å². The van der Waals surface area contributed by atoms with Gasteiger partial charge in [0.1, 0.15) is 0 Å². The number of rotatable bonds is 9. The zero-order valence-corrected chi connectivity index (χ0v) is 16.9. The molecule has 0 saturated carbocycles. The van der Waals surface area contributed by atoms with Crippen LogP contribution in [0.1, 0.15) is 44.2 Å². The van der Waals surface area contributed by atoms with Crippen molar-refractivity contribution >= 4 is 5.96 Å². The van der Waals surface area contributed by atoms with Crippen molar-refractivity contribution in [1.29, 1.82) is 0 Å². The average molecular weight is 360 g/mol. The number of guanidine groups is 1. The number of hydrogen-bond donors (Lipinski definition) is 2. The van der Waals surface area contributed by atoms with Gasteiger partial charge in [-0.15, -0.1) is 0 Å². The van der Waals surface area contributed by atoms with Gasteiger partial charge in [0.25, 0.3) is 0 Å². The Bertz CT molecular complexity index is 537. The Balaban J connectivity index is 1.84. The van der Waals surface area contributed by atoms with Crippen molar-refractivity contribution < 1.29 is 0 Å². The van der Waals surface area contributed by atoms with Gasteiger partial charge in [0.05, 0.1) is 6.54 Å². The van der Waals surface area contributed by atoms with Crippen molar-refractivity contribution in [2.75, 3.05) is 46.3 Å². The standard InChI is InChI=1S/C21H37N5/c1-4-22-21(23-12-15-26-13-7-6-8-14-26)24-17-19-10-9-11-20(16-19)18-25(3)5-2/h9-11,16H,4-8,12-15,17-18H2,1-3H3,(H2,22,23,24). The number of benzene rings is 1. The normalized spacial score (nSPS) is 16.1. The molecule has 1 aliphatic heterocycles. The van der Waals surface area contributed by atoms with Crippen molar-refractivity contribution in [2.45, 2.75) is 46.2 Å². The molecule has 0 aromatic heterocycles. The molecule has 0 aliphatic carbocycles. The fraction of sp³-hybridized carbons (Fsp3) is 0.667. The highest BCUT2D eigenvalue weighted by molar-refractivity contribution is 5.79. The predicted molar refractivity (Wildman–Crippen MR) is 112 cm³/mol. The minimum absolute atomic E-state index is 0.711. The van der Waals surface area contributed by atoms with E-state index in [-0.39, 0.29) is 0 Å². The quantitative estimate of drug-likeness (QED) is 0.525. The second-order valence-corrected chi connectivity index (χ2v) is 7.17. The molecule has 0 bridgehead atoms. The van der Waals surface area contributed by atoms with Crippen LogP contribution in [0.3, 0.4) is 0 Å². The van der Waals surface area contributed by atoms with Gasteiger partial charge in [-0.3, -0.25) is 0 Å². The summed E-state index contributed by atoms with van der Waals surface area (Å²) in [4.78, 5) is 9.63. The third-order valence-electron chi connectivity index (χ3n) is 4.92. The summed E-state index contributed by atoms with van der Waals surface area (Å²) < 4.78 is 0. The van der Waals surface area contributed by atoms with E-state index in [4.69, 9.17) is 4.99 Å². The lowest BCUT2D eigenvalue weighted by Crippen LogP contribution is -2.42. The first kappa shape index (κ1) is 20.7. The molecule has 146 valence electrons.